The number of carbonyl (C=O) groups excluding carboxylic acids is 1. The predicted octanol–water partition coefficient (Wildman–Crippen LogP) is 1.88. The Balaban J connectivity index is 2.33. The average molecular weight is 229 g/mol. The van der Waals surface area contributed by atoms with Crippen molar-refractivity contribution in [2.24, 2.45) is 5.73 Å². The third kappa shape index (κ3) is 2.45. The van der Waals surface area contributed by atoms with Gasteiger partial charge in [0.05, 0.1) is 7.11 Å². The van der Waals surface area contributed by atoms with Crippen LogP contribution in [0.4, 0.5) is 0 Å². The highest BCUT2D eigenvalue weighted by atomic mass is 16.5. The number of nitrogens with two attached hydrogens (primary N) is 1. The number of methoxy groups -OCH3 is 1. The lowest BCUT2D eigenvalue weighted by molar-refractivity contribution is -0.142. The van der Waals surface area contributed by atoms with Crippen LogP contribution in [0.15, 0.2) is 42.5 Å². The van der Waals surface area contributed by atoms with Crippen molar-refractivity contribution >= 4 is 16.7 Å². The first-order valence-electron chi connectivity index (χ1n) is 5.52. The van der Waals surface area contributed by atoms with E-state index in [1.54, 1.807) is 0 Å². The molecule has 0 saturated carbocycles. The van der Waals surface area contributed by atoms with Gasteiger partial charge in [-0.15, -0.1) is 0 Å². The van der Waals surface area contributed by atoms with Crippen LogP contribution in [-0.2, 0) is 16.0 Å². The van der Waals surface area contributed by atoms with E-state index in [1.807, 2.05) is 42.5 Å². The second kappa shape index (κ2) is 4.97. The third-order valence-corrected chi connectivity index (χ3v) is 2.82. The molecule has 0 fully saturated rings. The van der Waals surface area contributed by atoms with Crippen molar-refractivity contribution in [3.8, 4) is 0 Å². The van der Waals surface area contributed by atoms with Gasteiger partial charge in [0.15, 0.2) is 0 Å². The van der Waals surface area contributed by atoms with Crippen molar-refractivity contribution in [1.82, 2.24) is 0 Å². The van der Waals surface area contributed by atoms with Crippen LogP contribution in [0.2, 0.25) is 0 Å². The first-order valence-corrected chi connectivity index (χ1v) is 5.52. The molecular weight excluding hydrogens is 214 g/mol. The number of esters is 1. The standard InChI is InChI=1S/C14H15NO2/c1-17-14(16)13(15)9-11-7-4-6-10-5-2-3-8-12(10)11/h2-8,13H,9,15H2,1H3. The zero-order valence-corrected chi connectivity index (χ0v) is 9.72. The van der Waals surface area contributed by atoms with Crippen LogP contribution in [0.1, 0.15) is 5.56 Å². The van der Waals surface area contributed by atoms with Gasteiger partial charge >= 0.3 is 5.97 Å². The van der Waals surface area contributed by atoms with Crippen LogP contribution in [0, 0.1) is 0 Å². The maximum Gasteiger partial charge on any atom is 0.322 e. The Morgan fingerprint density at radius 1 is 1.24 bits per heavy atom. The van der Waals surface area contributed by atoms with Gasteiger partial charge in [-0.1, -0.05) is 42.5 Å². The zero-order chi connectivity index (χ0) is 12.3. The summed E-state index contributed by atoms with van der Waals surface area (Å²) in [5.41, 5.74) is 6.85. The topological polar surface area (TPSA) is 52.3 Å². The highest BCUT2D eigenvalue weighted by Gasteiger charge is 2.15. The molecular formula is C14H15NO2. The first kappa shape index (κ1) is 11.6. The average Bonchev–Trinajstić information content (AvgIpc) is 2.38. The molecule has 3 heteroatoms. The summed E-state index contributed by atoms with van der Waals surface area (Å²) in [6.45, 7) is 0. The Morgan fingerprint density at radius 3 is 2.71 bits per heavy atom. The summed E-state index contributed by atoms with van der Waals surface area (Å²) in [4.78, 5) is 11.3. The lowest BCUT2D eigenvalue weighted by Gasteiger charge is -2.11. The van der Waals surface area contributed by atoms with E-state index >= 15 is 0 Å². The van der Waals surface area contributed by atoms with Crippen LogP contribution in [-0.4, -0.2) is 19.1 Å². The van der Waals surface area contributed by atoms with E-state index in [0.29, 0.717) is 6.42 Å². The summed E-state index contributed by atoms with van der Waals surface area (Å²) in [5, 5.41) is 2.29. The van der Waals surface area contributed by atoms with Crippen molar-refractivity contribution in [1.29, 1.82) is 0 Å². The summed E-state index contributed by atoms with van der Waals surface area (Å²) >= 11 is 0. The van der Waals surface area contributed by atoms with E-state index in [1.165, 1.54) is 7.11 Å². The molecule has 0 heterocycles. The van der Waals surface area contributed by atoms with E-state index < -0.39 is 6.04 Å². The second-order valence-electron chi connectivity index (χ2n) is 3.97. The van der Waals surface area contributed by atoms with Crippen molar-refractivity contribution in [2.75, 3.05) is 7.11 Å². The van der Waals surface area contributed by atoms with E-state index in [-0.39, 0.29) is 5.97 Å². The maximum absolute atomic E-state index is 11.3. The molecule has 88 valence electrons. The monoisotopic (exact) mass is 229 g/mol. The smallest absolute Gasteiger partial charge is 0.322 e. The van der Waals surface area contributed by atoms with Gasteiger partial charge in [0, 0.05) is 0 Å². The summed E-state index contributed by atoms with van der Waals surface area (Å²) in [6.07, 6.45) is 0.494. The minimum atomic E-state index is -0.606. The number of hydrogen-bond acceptors (Lipinski definition) is 3. The molecule has 0 spiro atoms. The van der Waals surface area contributed by atoms with Gasteiger partial charge in [-0.25, -0.2) is 0 Å². The third-order valence-electron chi connectivity index (χ3n) is 2.82. The van der Waals surface area contributed by atoms with Crippen LogP contribution in [0.25, 0.3) is 10.8 Å². The van der Waals surface area contributed by atoms with Crippen LogP contribution in [0.3, 0.4) is 0 Å². The minimum absolute atomic E-state index is 0.377. The molecule has 2 aromatic rings. The van der Waals surface area contributed by atoms with Crippen molar-refractivity contribution in [3.05, 3.63) is 48.0 Å². The van der Waals surface area contributed by atoms with E-state index in [2.05, 4.69) is 4.74 Å². The SMILES string of the molecule is COC(=O)C(N)Cc1cccc2ccccc12. The number of benzene rings is 2. The predicted molar refractivity (Wildman–Crippen MR) is 67.6 cm³/mol. The highest BCUT2D eigenvalue weighted by Crippen LogP contribution is 2.19. The highest BCUT2D eigenvalue weighted by molar-refractivity contribution is 5.86. The van der Waals surface area contributed by atoms with Gasteiger partial charge in [0.2, 0.25) is 0 Å². The molecule has 0 bridgehead atoms. The number of fused-ring (bicyclic) bond motifs is 1. The zero-order valence-electron chi connectivity index (χ0n) is 9.72. The Bertz CT molecular complexity index is 531. The molecule has 0 aliphatic rings. The fourth-order valence-corrected chi connectivity index (χ4v) is 1.94. The molecule has 0 saturated heterocycles. The summed E-state index contributed by atoms with van der Waals surface area (Å²) in [6, 6.07) is 13.5. The maximum atomic E-state index is 11.3. The Morgan fingerprint density at radius 2 is 1.94 bits per heavy atom. The summed E-state index contributed by atoms with van der Waals surface area (Å²) in [7, 11) is 1.35. The fourth-order valence-electron chi connectivity index (χ4n) is 1.94. The van der Waals surface area contributed by atoms with Crippen molar-refractivity contribution in [2.45, 2.75) is 12.5 Å². The summed E-state index contributed by atoms with van der Waals surface area (Å²) < 4.78 is 4.63. The molecule has 1 unspecified atom stereocenters. The van der Waals surface area contributed by atoms with Crippen molar-refractivity contribution < 1.29 is 9.53 Å². The molecule has 0 radical (unpaired) electrons. The van der Waals surface area contributed by atoms with Gasteiger partial charge in [0.1, 0.15) is 6.04 Å². The van der Waals surface area contributed by atoms with Crippen LogP contribution >= 0.6 is 0 Å². The van der Waals surface area contributed by atoms with Crippen LogP contribution < -0.4 is 5.73 Å². The fraction of sp³-hybridized carbons (Fsp3) is 0.214. The van der Waals surface area contributed by atoms with Crippen LogP contribution in [0.5, 0.6) is 0 Å². The molecule has 0 aromatic heterocycles. The lowest BCUT2D eigenvalue weighted by atomic mass is 9.99. The van der Waals surface area contributed by atoms with Gasteiger partial charge in [-0.2, -0.15) is 0 Å². The number of carbonyl (C=O) groups is 1. The normalized spacial score (nSPS) is 12.4. The quantitative estimate of drug-likeness (QED) is 0.818. The molecule has 0 aliphatic carbocycles. The Kier molecular flexibility index (Phi) is 3.40. The minimum Gasteiger partial charge on any atom is -0.468 e. The Labute approximate surface area is 100 Å². The van der Waals surface area contributed by atoms with Crippen molar-refractivity contribution in [3.63, 3.8) is 0 Å². The molecule has 0 amide bonds. The first-order chi connectivity index (χ1) is 8.22. The van der Waals surface area contributed by atoms with E-state index in [4.69, 9.17) is 5.73 Å². The summed E-state index contributed by atoms with van der Waals surface area (Å²) in [5.74, 6) is -0.377. The van der Waals surface area contributed by atoms with Gasteiger partial charge in [0.25, 0.3) is 0 Å². The van der Waals surface area contributed by atoms with Gasteiger partial charge < -0.3 is 10.5 Å². The molecule has 0 aliphatic heterocycles. The molecule has 1 atom stereocenters. The van der Waals surface area contributed by atoms with Gasteiger partial charge in [-0.3, -0.25) is 4.79 Å². The molecule has 2 N–H and O–H groups in total. The molecule has 17 heavy (non-hydrogen) atoms. The van der Waals surface area contributed by atoms with Gasteiger partial charge in [-0.05, 0) is 22.8 Å². The number of hydrogen-bond donors (Lipinski definition) is 1. The Hall–Kier alpha value is -1.87. The molecule has 3 nitrogen and oxygen atoms in total. The number of ether oxygens (including phenoxy) is 1. The van der Waals surface area contributed by atoms with E-state index in [0.717, 1.165) is 16.3 Å². The largest absolute Gasteiger partial charge is 0.468 e. The second-order valence-corrected chi connectivity index (χ2v) is 3.97. The number of rotatable bonds is 3. The van der Waals surface area contributed by atoms with E-state index in [9.17, 15) is 4.79 Å². The molecule has 2 aromatic carbocycles. The molecule has 2 rings (SSSR count). The lowest BCUT2D eigenvalue weighted by Crippen LogP contribution is -2.33.